The number of fused-ring (bicyclic) bond motifs is 10. The van der Waals surface area contributed by atoms with Crippen LogP contribution >= 0.6 is 0 Å². The zero-order valence-electron chi connectivity index (χ0n) is 24.6. The quantitative estimate of drug-likeness (QED) is 0.201. The zero-order chi connectivity index (χ0) is 30.4. The fourth-order valence-corrected chi connectivity index (χ4v) is 7.84. The number of para-hydroxylation sites is 2. The highest BCUT2D eigenvalue weighted by atomic mass is 16.5. The summed E-state index contributed by atoms with van der Waals surface area (Å²) in [5, 5.41) is 1.79. The van der Waals surface area contributed by atoms with E-state index in [9.17, 15) is 4.79 Å². The third-order valence-corrected chi connectivity index (χ3v) is 9.77. The second-order valence-corrected chi connectivity index (χ2v) is 12.0. The molecule has 0 unspecified atom stereocenters. The Morgan fingerprint density at radius 3 is 1.78 bits per heavy atom. The van der Waals surface area contributed by atoms with Crippen LogP contribution in [0.3, 0.4) is 0 Å². The van der Waals surface area contributed by atoms with Gasteiger partial charge in [0.15, 0.2) is 5.58 Å². The molecule has 216 valence electrons. The summed E-state index contributed by atoms with van der Waals surface area (Å²) < 4.78 is 14.4. The summed E-state index contributed by atoms with van der Waals surface area (Å²) >= 11 is 0. The summed E-state index contributed by atoms with van der Waals surface area (Å²) in [7, 11) is 0. The lowest BCUT2D eigenvalue weighted by atomic mass is 9.61. The average molecular weight is 592 g/mol. The summed E-state index contributed by atoms with van der Waals surface area (Å²) in [5.41, 5.74) is 9.71. The van der Waals surface area contributed by atoms with Crippen molar-refractivity contribution in [1.82, 2.24) is 4.57 Å². The van der Waals surface area contributed by atoms with Gasteiger partial charge in [-0.05, 0) is 69.8 Å². The zero-order valence-corrected chi connectivity index (χ0v) is 24.6. The second kappa shape index (κ2) is 9.19. The molecule has 0 amide bonds. The van der Waals surface area contributed by atoms with E-state index in [1.54, 1.807) is 6.26 Å². The molecule has 2 aliphatic heterocycles. The van der Waals surface area contributed by atoms with Crippen molar-refractivity contribution in [2.75, 3.05) is 0 Å². The predicted octanol–water partition coefficient (Wildman–Crippen LogP) is 9.87. The van der Waals surface area contributed by atoms with Crippen molar-refractivity contribution in [3.63, 3.8) is 0 Å². The average Bonchev–Trinajstić information content (AvgIpc) is 3.62. The number of hydrogen-bond acceptors (Lipinski definition) is 3. The van der Waals surface area contributed by atoms with Crippen LogP contribution in [-0.2, 0) is 5.41 Å². The van der Waals surface area contributed by atoms with E-state index >= 15 is 0 Å². The highest BCUT2D eigenvalue weighted by Crippen LogP contribution is 2.60. The molecule has 0 saturated carbocycles. The minimum absolute atomic E-state index is 0.161. The number of pyridine rings is 1. The Hall–Kier alpha value is -6.13. The lowest BCUT2D eigenvalue weighted by Crippen LogP contribution is -2.40. The standard InChI is InChI=1S/C42H25NO3/c44-41-40-31(22-23-45-40)30-14-9-16-33-39(30)43(41)36-17-8-7-15-32(36)42(33)34-24-28(26-10-3-1-4-11-26)18-20-37(34)46-38-21-19-29(25-35(38)42)27-12-5-2-6-13-27/h1-25H. The van der Waals surface area contributed by atoms with Crippen LogP contribution in [0.5, 0.6) is 11.5 Å². The van der Waals surface area contributed by atoms with Crippen molar-refractivity contribution in [2.45, 2.75) is 5.41 Å². The monoisotopic (exact) mass is 591 g/mol. The third-order valence-electron chi connectivity index (χ3n) is 9.77. The van der Waals surface area contributed by atoms with E-state index in [-0.39, 0.29) is 5.56 Å². The van der Waals surface area contributed by atoms with Gasteiger partial charge in [0.25, 0.3) is 5.56 Å². The van der Waals surface area contributed by atoms with Crippen LogP contribution in [0.15, 0.2) is 161 Å². The van der Waals surface area contributed by atoms with E-state index in [1.165, 1.54) is 0 Å². The molecule has 10 rings (SSSR count). The summed E-state index contributed by atoms with van der Waals surface area (Å²) in [6, 6.07) is 50.5. The van der Waals surface area contributed by atoms with E-state index in [0.717, 1.165) is 78.0 Å². The normalized spacial score (nSPS) is 13.7. The molecule has 6 aromatic carbocycles. The van der Waals surface area contributed by atoms with Crippen LogP contribution < -0.4 is 10.3 Å². The Morgan fingerprint density at radius 2 is 1.11 bits per heavy atom. The molecule has 4 nitrogen and oxygen atoms in total. The number of aromatic nitrogens is 1. The van der Waals surface area contributed by atoms with Gasteiger partial charge in [-0.3, -0.25) is 9.36 Å². The van der Waals surface area contributed by atoms with Gasteiger partial charge in [0.1, 0.15) is 11.5 Å². The lowest BCUT2D eigenvalue weighted by molar-refractivity contribution is 0.434. The minimum Gasteiger partial charge on any atom is -0.458 e. The fraction of sp³-hybridized carbons (Fsp3) is 0.0238. The van der Waals surface area contributed by atoms with E-state index < -0.39 is 5.41 Å². The van der Waals surface area contributed by atoms with Gasteiger partial charge >= 0.3 is 0 Å². The fourth-order valence-electron chi connectivity index (χ4n) is 7.84. The maximum atomic E-state index is 14.3. The Kier molecular flexibility index (Phi) is 5.04. The number of benzene rings is 6. The topological polar surface area (TPSA) is 44.4 Å². The van der Waals surface area contributed by atoms with Crippen LogP contribution in [0.25, 0.3) is 49.8 Å². The first-order valence-electron chi connectivity index (χ1n) is 15.5. The van der Waals surface area contributed by atoms with Gasteiger partial charge < -0.3 is 9.15 Å². The van der Waals surface area contributed by atoms with E-state index in [4.69, 9.17) is 9.15 Å². The Bertz CT molecular complexity index is 2490. The van der Waals surface area contributed by atoms with Gasteiger partial charge in [-0.2, -0.15) is 0 Å². The number of hydrogen-bond donors (Lipinski definition) is 0. The highest BCUT2D eigenvalue weighted by Gasteiger charge is 2.50. The molecule has 0 bridgehead atoms. The van der Waals surface area contributed by atoms with Gasteiger partial charge in [-0.25, -0.2) is 0 Å². The molecule has 4 heteroatoms. The van der Waals surface area contributed by atoms with Gasteiger partial charge in [-0.15, -0.1) is 0 Å². The highest BCUT2D eigenvalue weighted by molar-refractivity contribution is 6.07. The van der Waals surface area contributed by atoms with Crippen LogP contribution in [0, 0.1) is 0 Å². The molecule has 4 heterocycles. The maximum absolute atomic E-state index is 14.3. The predicted molar refractivity (Wildman–Crippen MR) is 182 cm³/mol. The van der Waals surface area contributed by atoms with Crippen LogP contribution in [0.2, 0.25) is 0 Å². The Morgan fingerprint density at radius 1 is 0.500 bits per heavy atom. The van der Waals surface area contributed by atoms with E-state index in [2.05, 4.69) is 121 Å². The molecular weight excluding hydrogens is 566 g/mol. The molecule has 0 saturated heterocycles. The first kappa shape index (κ1) is 25.2. The molecular formula is C42H25NO3. The number of ether oxygens (including phenoxy) is 1. The molecule has 2 aromatic heterocycles. The van der Waals surface area contributed by atoms with Crippen LogP contribution in [0.4, 0.5) is 0 Å². The van der Waals surface area contributed by atoms with Crippen molar-refractivity contribution >= 4 is 21.9 Å². The SMILES string of the molecule is O=c1c2occc2c2cccc3c2n1-c1ccccc1C31c2cc(-c3ccccc3)ccc2Oc2ccc(-c3ccccc3)cc21. The number of nitrogens with zero attached hydrogens (tertiary/aromatic N) is 1. The molecule has 1 spiro atoms. The van der Waals surface area contributed by atoms with Gasteiger partial charge in [0.05, 0.1) is 22.9 Å². The van der Waals surface area contributed by atoms with Crippen molar-refractivity contribution in [3.05, 3.63) is 184 Å². The summed E-state index contributed by atoms with van der Waals surface area (Å²) in [6.45, 7) is 0. The molecule has 0 radical (unpaired) electrons. The van der Waals surface area contributed by atoms with Crippen LogP contribution in [-0.4, -0.2) is 4.57 Å². The van der Waals surface area contributed by atoms with E-state index in [0.29, 0.717) is 5.58 Å². The molecule has 0 atom stereocenters. The lowest BCUT2D eigenvalue weighted by Gasteiger charge is -2.45. The van der Waals surface area contributed by atoms with Gasteiger partial charge in [0.2, 0.25) is 0 Å². The smallest absolute Gasteiger partial charge is 0.299 e. The first-order chi connectivity index (χ1) is 22.7. The number of furan rings is 1. The Labute approximate surface area is 264 Å². The second-order valence-electron chi connectivity index (χ2n) is 12.0. The molecule has 0 aliphatic carbocycles. The third kappa shape index (κ3) is 3.20. The molecule has 2 aliphatic rings. The Balaban J connectivity index is 1.42. The first-order valence-corrected chi connectivity index (χ1v) is 15.5. The molecule has 46 heavy (non-hydrogen) atoms. The largest absolute Gasteiger partial charge is 0.458 e. The maximum Gasteiger partial charge on any atom is 0.299 e. The van der Waals surface area contributed by atoms with Crippen molar-refractivity contribution in [2.24, 2.45) is 0 Å². The minimum atomic E-state index is -0.793. The van der Waals surface area contributed by atoms with Crippen molar-refractivity contribution < 1.29 is 9.15 Å². The molecule has 0 N–H and O–H groups in total. The van der Waals surface area contributed by atoms with Gasteiger partial charge in [0, 0.05) is 21.9 Å². The summed E-state index contributed by atoms with van der Waals surface area (Å²) in [6.07, 6.45) is 1.61. The summed E-state index contributed by atoms with van der Waals surface area (Å²) in [4.78, 5) is 14.3. The summed E-state index contributed by atoms with van der Waals surface area (Å²) in [5.74, 6) is 1.60. The van der Waals surface area contributed by atoms with Crippen molar-refractivity contribution in [1.29, 1.82) is 0 Å². The van der Waals surface area contributed by atoms with Crippen LogP contribution in [0.1, 0.15) is 22.3 Å². The van der Waals surface area contributed by atoms with Crippen molar-refractivity contribution in [3.8, 4) is 39.4 Å². The molecule has 8 aromatic rings. The number of rotatable bonds is 2. The van der Waals surface area contributed by atoms with Gasteiger partial charge in [-0.1, -0.05) is 109 Å². The van der Waals surface area contributed by atoms with E-state index in [1.807, 2.05) is 28.8 Å². The molecule has 0 fully saturated rings.